The van der Waals surface area contributed by atoms with E-state index < -0.39 is 0 Å². The van der Waals surface area contributed by atoms with E-state index in [1.165, 1.54) is 22.8 Å². The molecule has 1 heterocycles. The zero-order valence-corrected chi connectivity index (χ0v) is 7.67. The second-order valence-electron chi connectivity index (χ2n) is 2.03. The third kappa shape index (κ3) is 5.26. The van der Waals surface area contributed by atoms with Crippen LogP contribution in [-0.4, -0.2) is 39.7 Å². The molecule has 0 saturated heterocycles. The van der Waals surface area contributed by atoms with E-state index in [2.05, 4.69) is 17.4 Å². The van der Waals surface area contributed by atoms with Crippen LogP contribution in [0.2, 0.25) is 0 Å². The van der Waals surface area contributed by atoms with Crippen molar-refractivity contribution in [2.75, 3.05) is 5.75 Å². The predicted octanol–water partition coefficient (Wildman–Crippen LogP) is 2.39. The number of unbranched alkanes of at least 4 members (excludes halogenated alkanes) is 1. The Bertz CT molecular complexity index is 165. The van der Waals surface area contributed by atoms with Gasteiger partial charge in [0, 0.05) is 6.20 Å². The summed E-state index contributed by atoms with van der Waals surface area (Å²) >= 11 is 3.49. The maximum atomic E-state index is 4.02. The van der Waals surface area contributed by atoms with Gasteiger partial charge in [0.05, 0.1) is 4.21 Å². The monoisotopic (exact) mass is 197 g/mol. The number of thioether (sulfide) groups is 1. The van der Waals surface area contributed by atoms with E-state index in [0.717, 1.165) is 0 Å². The fourth-order valence-electron chi connectivity index (χ4n) is 0.596. The van der Waals surface area contributed by atoms with Crippen LogP contribution in [-0.2, 0) is 0 Å². The fourth-order valence-corrected chi connectivity index (χ4v) is 2.32. The molecule has 0 saturated carbocycles. The first kappa shape index (κ1) is 12.0. The standard InChI is InChI=1S/C7H11NS2.Na.H/c1-2-3-6-9-7-4-5-8-10-7;;/h4-5H,2-3,6H2,1H3;;. The molecule has 0 bridgehead atoms. The van der Waals surface area contributed by atoms with Crippen LogP contribution in [0.5, 0.6) is 0 Å². The summed E-state index contributed by atoms with van der Waals surface area (Å²) in [5.41, 5.74) is 0. The van der Waals surface area contributed by atoms with Crippen molar-refractivity contribution in [3.05, 3.63) is 12.3 Å². The Morgan fingerprint density at radius 3 is 3.00 bits per heavy atom. The van der Waals surface area contributed by atoms with Crippen LogP contribution in [0, 0.1) is 0 Å². The molecule has 11 heavy (non-hydrogen) atoms. The minimum atomic E-state index is 0. The third-order valence-electron chi connectivity index (χ3n) is 1.16. The Labute approximate surface area is 98.4 Å². The van der Waals surface area contributed by atoms with Crippen molar-refractivity contribution in [1.29, 1.82) is 0 Å². The van der Waals surface area contributed by atoms with Gasteiger partial charge in [-0.1, -0.05) is 13.3 Å². The number of rotatable bonds is 4. The molecule has 0 fully saturated rings. The molecule has 0 aliphatic heterocycles. The summed E-state index contributed by atoms with van der Waals surface area (Å²) in [4.78, 5) is 0. The van der Waals surface area contributed by atoms with Crippen LogP contribution in [0.3, 0.4) is 0 Å². The Balaban J connectivity index is 0.000001000. The first-order valence-electron chi connectivity index (χ1n) is 3.47. The molecule has 0 radical (unpaired) electrons. The van der Waals surface area contributed by atoms with Crippen molar-refractivity contribution in [1.82, 2.24) is 4.37 Å². The maximum absolute atomic E-state index is 4.02. The Morgan fingerprint density at radius 1 is 1.64 bits per heavy atom. The Kier molecular flexibility index (Phi) is 8.30. The van der Waals surface area contributed by atoms with Gasteiger partial charge in [0.2, 0.25) is 0 Å². The third-order valence-corrected chi connectivity index (χ3v) is 3.19. The van der Waals surface area contributed by atoms with Gasteiger partial charge in [-0.3, -0.25) is 0 Å². The Morgan fingerprint density at radius 2 is 2.45 bits per heavy atom. The zero-order valence-electron chi connectivity index (χ0n) is 6.04. The summed E-state index contributed by atoms with van der Waals surface area (Å²) in [5.74, 6) is 1.23. The molecule has 0 N–H and O–H groups in total. The molecule has 58 valence electrons. The normalized spacial score (nSPS) is 9.18. The average Bonchev–Trinajstić information content (AvgIpc) is 2.41. The van der Waals surface area contributed by atoms with E-state index >= 15 is 0 Å². The van der Waals surface area contributed by atoms with Gasteiger partial charge < -0.3 is 0 Å². The molecule has 1 nitrogen and oxygen atoms in total. The van der Waals surface area contributed by atoms with Crippen LogP contribution >= 0.6 is 23.3 Å². The zero-order chi connectivity index (χ0) is 7.23. The van der Waals surface area contributed by atoms with Crippen LogP contribution < -0.4 is 0 Å². The van der Waals surface area contributed by atoms with Gasteiger partial charge in [-0.15, -0.1) is 11.8 Å². The van der Waals surface area contributed by atoms with Crippen molar-refractivity contribution in [2.45, 2.75) is 24.0 Å². The van der Waals surface area contributed by atoms with Crippen LogP contribution in [0.4, 0.5) is 0 Å². The van der Waals surface area contributed by atoms with Crippen LogP contribution in [0.15, 0.2) is 16.5 Å². The average molecular weight is 197 g/mol. The Hall–Kier alpha value is 0.980. The predicted molar refractivity (Wildman–Crippen MR) is 54.9 cm³/mol. The van der Waals surface area contributed by atoms with Gasteiger partial charge in [-0.25, -0.2) is 4.37 Å². The molecule has 0 aliphatic rings. The minimum absolute atomic E-state index is 0. The van der Waals surface area contributed by atoms with Crippen molar-refractivity contribution < 1.29 is 0 Å². The SMILES string of the molecule is CCCCSc1ccns1.[NaH]. The van der Waals surface area contributed by atoms with Crippen LogP contribution in [0.1, 0.15) is 19.8 Å². The summed E-state index contributed by atoms with van der Waals surface area (Å²) in [7, 11) is 0. The summed E-state index contributed by atoms with van der Waals surface area (Å²) in [6, 6.07) is 2.07. The van der Waals surface area contributed by atoms with Crippen molar-refractivity contribution in [2.24, 2.45) is 0 Å². The summed E-state index contributed by atoms with van der Waals surface area (Å²) in [6.45, 7) is 2.22. The molecule has 0 spiro atoms. The molecule has 1 aromatic heterocycles. The number of aromatic nitrogens is 1. The second-order valence-corrected chi connectivity index (χ2v) is 4.26. The molecule has 0 atom stereocenters. The van der Waals surface area contributed by atoms with E-state index in [0.29, 0.717) is 0 Å². The summed E-state index contributed by atoms with van der Waals surface area (Å²) < 4.78 is 5.36. The van der Waals surface area contributed by atoms with Gasteiger partial charge >= 0.3 is 29.6 Å². The first-order chi connectivity index (χ1) is 4.93. The van der Waals surface area contributed by atoms with Crippen molar-refractivity contribution >= 4 is 52.9 Å². The van der Waals surface area contributed by atoms with Gasteiger partial charge in [0.1, 0.15) is 0 Å². The molecule has 0 aromatic carbocycles. The molecule has 0 unspecified atom stereocenters. The number of hydrogen-bond donors (Lipinski definition) is 0. The number of nitrogens with zero attached hydrogens (tertiary/aromatic N) is 1. The topological polar surface area (TPSA) is 12.9 Å². The van der Waals surface area contributed by atoms with E-state index in [1.54, 1.807) is 11.5 Å². The summed E-state index contributed by atoms with van der Waals surface area (Å²) in [5, 5.41) is 0. The summed E-state index contributed by atoms with van der Waals surface area (Å²) in [6.07, 6.45) is 4.45. The van der Waals surface area contributed by atoms with E-state index in [1.807, 2.05) is 18.0 Å². The first-order valence-corrected chi connectivity index (χ1v) is 5.23. The van der Waals surface area contributed by atoms with Gasteiger partial charge in [0.25, 0.3) is 0 Å². The van der Waals surface area contributed by atoms with E-state index in [4.69, 9.17) is 0 Å². The van der Waals surface area contributed by atoms with E-state index in [-0.39, 0.29) is 29.6 Å². The molecular formula is C7H12NNaS2. The fraction of sp³-hybridized carbons (Fsp3) is 0.571. The number of hydrogen-bond acceptors (Lipinski definition) is 3. The van der Waals surface area contributed by atoms with Gasteiger partial charge in [-0.05, 0) is 29.8 Å². The van der Waals surface area contributed by atoms with Crippen LogP contribution in [0.25, 0.3) is 0 Å². The van der Waals surface area contributed by atoms with Gasteiger partial charge in [0.15, 0.2) is 0 Å². The molecule has 4 heteroatoms. The molecule has 1 aromatic rings. The molecular weight excluding hydrogens is 185 g/mol. The quantitative estimate of drug-likeness (QED) is 0.417. The molecule has 1 rings (SSSR count). The van der Waals surface area contributed by atoms with Crippen molar-refractivity contribution in [3.8, 4) is 0 Å². The second kappa shape index (κ2) is 7.62. The molecule has 0 aliphatic carbocycles. The molecule has 0 amide bonds. The van der Waals surface area contributed by atoms with Gasteiger partial charge in [-0.2, -0.15) is 0 Å². The van der Waals surface area contributed by atoms with E-state index in [9.17, 15) is 0 Å². The van der Waals surface area contributed by atoms with Crippen molar-refractivity contribution in [3.63, 3.8) is 0 Å².